The van der Waals surface area contributed by atoms with Crippen LogP contribution in [0.1, 0.15) is 5.69 Å². The van der Waals surface area contributed by atoms with Gasteiger partial charge in [-0.05, 0) is 6.92 Å². The monoisotopic (exact) mass is 121 g/mol. The largest absolute Gasteiger partial charge is 0.205 e. The number of nitrogens with zero attached hydrogens (tertiary/aromatic N) is 1. The molecule has 0 N–H and O–H groups in total. The molecule has 0 atom stereocenters. The summed E-state index contributed by atoms with van der Waals surface area (Å²) in [7, 11) is 2.03. The summed E-state index contributed by atoms with van der Waals surface area (Å²) in [6.45, 7) is 3.80. The number of rotatable bonds is 1. The van der Waals surface area contributed by atoms with Gasteiger partial charge in [-0.25, -0.2) is 4.57 Å². The number of aromatic nitrogens is 1. The lowest BCUT2D eigenvalue weighted by molar-refractivity contribution is -0.678. The van der Waals surface area contributed by atoms with Crippen molar-refractivity contribution in [2.75, 3.05) is 0 Å². The maximum atomic E-state index is 3.80. The van der Waals surface area contributed by atoms with Gasteiger partial charge in [0.25, 0.3) is 0 Å². The summed E-state index contributed by atoms with van der Waals surface area (Å²) in [6, 6.07) is 6.12. The SMILES string of the molecule is [CH2]Cc1cccc[n+]1C. The summed E-state index contributed by atoms with van der Waals surface area (Å²) in [5.41, 5.74) is 1.26. The normalized spacial score (nSPS) is 9.56. The second-order valence-corrected chi connectivity index (χ2v) is 2.05. The Hall–Kier alpha value is -0.850. The van der Waals surface area contributed by atoms with Crippen LogP contribution in [0, 0.1) is 6.92 Å². The van der Waals surface area contributed by atoms with Crippen molar-refractivity contribution in [3.05, 3.63) is 37.0 Å². The first kappa shape index (κ1) is 6.27. The minimum absolute atomic E-state index is 0.858. The second kappa shape index (κ2) is 2.62. The molecular weight excluding hydrogens is 110 g/mol. The molecule has 0 saturated carbocycles. The highest BCUT2D eigenvalue weighted by Crippen LogP contribution is 1.88. The third kappa shape index (κ3) is 1.28. The molecule has 0 bridgehead atoms. The molecular formula is C8H11N+. The Kier molecular flexibility index (Phi) is 1.83. The van der Waals surface area contributed by atoms with Crippen LogP contribution in [-0.2, 0) is 13.5 Å². The molecule has 1 heteroatoms. The van der Waals surface area contributed by atoms with Gasteiger partial charge in [-0.15, -0.1) is 0 Å². The van der Waals surface area contributed by atoms with Crippen LogP contribution in [-0.4, -0.2) is 0 Å². The molecule has 0 aliphatic heterocycles. The average Bonchev–Trinajstić information content (AvgIpc) is 1.89. The quantitative estimate of drug-likeness (QED) is 0.486. The van der Waals surface area contributed by atoms with Crippen LogP contribution in [0.2, 0.25) is 0 Å². The zero-order valence-corrected chi connectivity index (χ0v) is 5.67. The van der Waals surface area contributed by atoms with Crippen molar-refractivity contribution in [2.24, 2.45) is 7.05 Å². The summed E-state index contributed by atoms with van der Waals surface area (Å²) in [4.78, 5) is 0. The van der Waals surface area contributed by atoms with E-state index in [-0.39, 0.29) is 0 Å². The van der Waals surface area contributed by atoms with Crippen molar-refractivity contribution in [1.29, 1.82) is 0 Å². The highest BCUT2D eigenvalue weighted by Gasteiger charge is 1.97. The van der Waals surface area contributed by atoms with Crippen LogP contribution in [0.4, 0.5) is 0 Å². The zero-order chi connectivity index (χ0) is 6.69. The number of pyridine rings is 1. The van der Waals surface area contributed by atoms with Crippen LogP contribution in [0.3, 0.4) is 0 Å². The van der Waals surface area contributed by atoms with Crippen LogP contribution >= 0.6 is 0 Å². The van der Waals surface area contributed by atoms with Crippen LogP contribution in [0.5, 0.6) is 0 Å². The van der Waals surface area contributed by atoms with Crippen molar-refractivity contribution in [1.82, 2.24) is 0 Å². The molecule has 0 aliphatic carbocycles. The molecule has 0 unspecified atom stereocenters. The van der Waals surface area contributed by atoms with Crippen molar-refractivity contribution < 1.29 is 4.57 Å². The van der Waals surface area contributed by atoms with Crippen LogP contribution in [0.15, 0.2) is 24.4 Å². The molecule has 9 heavy (non-hydrogen) atoms. The topological polar surface area (TPSA) is 3.88 Å². The Morgan fingerprint density at radius 3 is 2.78 bits per heavy atom. The van der Waals surface area contributed by atoms with Gasteiger partial charge in [0.15, 0.2) is 11.9 Å². The van der Waals surface area contributed by atoms with Crippen molar-refractivity contribution >= 4 is 0 Å². The van der Waals surface area contributed by atoms with Crippen LogP contribution in [0.25, 0.3) is 0 Å². The third-order valence-electron chi connectivity index (χ3n) is 1.42. The minimum Gasteiger partial charge on any atom is -0.205 e. The first-order chi connectivity index (χ1) is 4.34. The highest BCUT2D eigenvalue weighted by atomic mass is 14.9. The van der Waals surface area contributed by atoms with E-state index in [1.807, 2.05) is 25.4 Å². The van der Waals surface area contributed by atoms with Gasteiger partial charge in [-0.3, -0.25) is 0 Å². The van der Waals surface area contributed by atoms with Crippen molar-refractivity contribution in [2.45, 2.75) is 6.42 Å². The van der Waals surface area contributed by atoms with Gasteiger partial charge in [0, 0.05) is 18.6 Å². The maximum Gasteiger partial charge on any atom is 0.181 e. The fourth-order valence-electron chi connectivity index (χ4n) is 0.818. The maximum absolute atomic E-state index is 3.80. The molecule has 1 aromatic heterocycles. The lowest BCUT2D eigenvalue weighted by Crippen LogP contribution is -2.32. The van der Waals surface area contributed by atoms with Crippen LogP contribution < -0.4 is 4.57 Å². The summed E-state index contributed by atoms with van der Waals surface area (Å²) >= 11 is 0. The molecule has 1 aromatic rings. The molecule has 0 spiro atoms. The van der Waals surface area contributed by atoms with E-state index in [1.165, 1.54) is 5.69 Å². The molecule has 0 fully saturated rings. The summed E-state index contributed by atoms with van der Waals surface area (Å²) < 4.78 is 2.08. The predicted molar refractivity (Wildman–Crippen MR) is 36.7 cm³/mol. The van der Waals surface area contributed by atoms with Crippen molar-refractivity contribution in [3.63, 3.8) is 0 Å². The van der Waals surface area contributed by atoms with E-state index in [2.05, 4.69) is 17.6 Å². The van der Waals surface area contributed by atoms with E-state index in [9.17, 15) is 0 Å². The van der Waals surface area contributed by atoms with Crippen molar-refractivity contribution in [3.8, 4) is 0 Å². The van der Waals surface area contributed by atoms with E-state index in [1.54, 1.807) is 0 Å². The third-order valence-corrected chi connectivity index (χ3v) is 1.42. The number of hydrogen-bond donors (Lipinski definition) is 0. The van der Waals surface area contributed by atoms with Gasteiger partial charge in [0.05, 0.1) is 0 Å². The second-order valence-electron chi connectivity index (χ2n) is 2.05. The Balaban J connectivity index is 3.01. The van der Waals surface area contributed by atoms with E-state index in [0.29, 0.717) is 0 Å². The first-order valence-electron chi connectivity index (χ1n) is 3.07. The van der Waals surface area contributed by atoms with Gasteiger partial charge >= 0.3 is 0 Å². The molecule has 1 heterocycles. The Bertz CT molecular complexity index is 194. The van der Waals surface area contributed by atoms with Gasteiger partial charge in [0.1, 0.15) is 7.05 Å². The lowest BCUT2D eigenvalue weighted by atomic mass is 10.3. The summed E-state index contributed by atoms with van der Waals surface area (Å²) in [5, 5.41) is 0. The Morgan fingerprint density at radius 2 is 2.33 bits per heavy atom. The van der Waals surface area contributed by atoms with E-state index in [4.69, 9.17) is 0 Å². The summed E-state index contributed by atoms with van der Waals surface area (Å²) in [6.07, 6.45) is 2.89. The molecule has 0 amide bonds. The molecule has 0 saturated heterocycles. The average molecular weight is 121 g/mol. The minimum atomic E-state index is 0.858. The number of aryl methyl sites for hydroxylation is 1. The fourth-order valence-corrected chi connectivity index (χ4v) is 0.818. The number of hydrogen-bond acceptors (Lipinski definition) is 0. The van der Waals surface area contributed by atoms with Gasteiger partial charge < -0.3 is 0 Å². The standard InChI is InChI=1S/C8H11N/c1-3-8-6-4-5-7-9(8)2/h4-7H,1,3H2,2H3/q+1. The predicted octanol–water partition coefficient (Wildman–Crippen LogP) is 0.888. The lowest BCUT2D eigenvalue weighted by Gasteiger charge is -1.91. The van der Waals surface area contributed by atoms with E-state index in [0.717, 1.165) is 6.42 Å². The fraction of sp³-hybridized carbons (Fsp3) is 0.250. The van der Waals surface area contributed by atoms with E-state index >= 15 is 0 Å². The summed E-state index contributed by atoms with van der Waals surface area (Å²) in [5.74, 6) is 0. The molecule has 1 nitrogen and oxygen atoms in total. The van der Waals surface area contributed by atoms with Gasteiger partial charge in [-0.2, -0.15) is 0 Å². The highest BCUT2D eigenvalue weighted by molar-refractivity contribution is 4.97. The Labute approximate surface area is 56.0 Å². The molecule has 0 aliphatic rings. The smallest absolute Gasteiger partial charge is 0.181 e. The molecule has 0 aromatic carbocycles. The van der Waals surface area contributed by atoms with Gasteiger partial charge in [-0.1, -0.05) is 6.07 Å². The first-order valence-corrected chi connectivity index (χ1v) is 3.07. The molecule has 1 rings (SSSR count). The molecule has 1 radical (unpaired) electrons. The van der Waals surface area contributed by atoms with E-state index < -0.39 is 0 Å². The zero-order valence-electron chi connectivity index (χ0n) is 5.67. The van der Waals surface area contributed by atoms with Gasteiger partial charge in [0.2, 0.25) is 0 Å². The molecule has 47 valence electrons. The Morgan fingerprint density at radius 1 is 1.56 bits per heavy atom.